The van der Waals surface area contributed by atoms with Gasteiger partial charge in [-0.05, 0) is 88.2 Å². The first-order valence-corrected chi connectivity index (χ1v) is 15.1. The number of rotatable bonds is 10. The van der Waals surface area contributed by atoms with E-state index in [1.165, 1.54) is 17.0 Å². The number of nitrogens with zero attached hydrogens (tertiary/aromatic N) is 2. The Morgan fingerprint density at radius 3 is 2.23 bits per heavy atom. The molecule has 0 saturated heterocycles. The van der Waals surface area contributed by atoms with Crippen LogP contribution in [0.1, 0.15) is 37.5 Å². The number of anilines is 1. The second kappa shape index (κ2) is 13.0. The summed E-state index contributed by atoms with van der Waals surface area (Å²) in [5.74, 6) is -0.851. The van der Waals surface area contributed by atoms with Crippen LogP contribution in [-0.2, 0) is 26.2 Å². The molecule has 3 aromatic rings. The van der Waals surface area contributed by atoms with Gasteiger partial charge in [-0.2, -0.15) is 0 Å². The Kier molecular flexibility index (Phi) is 10.2. The fourth-order valence-corrected chi connectivity index (χ4v) is 6.22. The summed E-state index contributed by atoms with van der Waals surface area (Å²) in [7, 11) is -4.14. The van der Waals surface area contributed by atoms with Crippen molar-refractivity contribution in [3.05, 3.63) is 92.9 Å². The van der Waals surface area contributed by atoms with Crippen molar-refractivity contribution in [2.24, 2.45) is 0 Å². The molecule has 2 amide bonds. The summed E-state index contributed by atoms with van der Waals surface area (Å²) in [6.45, 7) is 8.52. The molecule has 3 aromatic carbocycles. The van der Waals surface area contributed by atoms with Gasteiger partial charge < -0.3 is 10.2 Å². The molecule has 0 spiro atoms. The van der Waals surface area contributed by atoms with Crippen molar-refractivity contribution in [2.75, 3.05) is 10.8 Å². The largest absolute Gasteiger partial charge is 0.352 e. The topological polar surface area (TPSA) is 86.8 Å². The lowest BCUT2D eigenvalue weighted by molar-refractivity contribution is -0.139. The van der Waals surface area contributed by atoms with E-state index in [1.807, 2.05) is 45.0 Å². The Labute approximate surface area is 244 Å². The van der Waals surface area contributed by atoms with Crippen LogP contribution in [0.15, 0.2) is 76.1 Å². The van der Waals surface area contributed by atoms with Crippen LogP contribution >= 0.6 is 27.5 Å². The maximum atomic E-state index is 14.0. The molecular formula is C29H33BrClN3O4S. The Morgan fingerprint density at radius 1 is 0.974 bits per heavy atom. The van der Waals surface area contributed by atoms with Gasteiger partial charge in [0.05, 0.1) is 10.6 Å². The summed E-state index contributed by atoms with van der Waals surface area (Å²) in [4.78, 5) is 28.4. The highest BCUT2D eigenvalue weighted by Gasteiger charge is 2.33. The van der Waals surface area contributed by atoms with E-state index in [0.29, 0.717) is 16.3 Å². The summed E-state index contributed by atoms with van der Waals surface area (Å²) >= 11 is 9.60. The van der Waals surface area contributed by atoms with Crippen LogP contribution in [0.25, 0.3) is 0 Å². The molecule has 0 fully saturated rings. The van der Waals surface area contributed by atoms with Gasteiger partial charge in [0.15, 0.2) is 0 Å². The Hall–Kier alpha value is -2.88. The highest BCUT2D eigenvalue weighted by molar-refractivity contribution is 9.10. The monoisotopic (exact) mass is 633 g/mol. The van der Waals surface area contributed by atoms with E-state index in [1.54, 1.807) is 44.2 Å². The van der Waals surface area contributed by atoms with Crippen LogP contribution in [0.5, 0.6) is 0 Å². The number of carbonyl (C=O) groups is 2. The lowest BCUT2D eigenvalue weighted by Crippen LogP contribution is -2.52. The first-order chi connectivity index (χ1) is 18.3. The van der Waals surface area contributed by atoms with Crippen LogP contribution in [0, 0.1) is 13.8 Å². The summed E-state index contributed by atoms with van der Waals surface area (Å²) in [6.07, 6.45) is 0. The molecule has 0 aromatic heterocycles. The molecule has 7 nitrogen and oxygen atoms in total. The number of hydrogen-bond acceptors (Lipinski definition) is 4. The quantitative estimate of drug-likeness (QED) is 0.303. The van der Waals surface area contributed by atoms with Gasteiger partial charge in [0.1, 0.15) is 12.6 Å². The fourth-order valence-electron chi connectivity index (χ4n) is 4.07. The molecular weight excluding hydrogens is 602 g/mol. The second-order valence-electron chi connectivity index (χ2n) is 9.75. The molecule has 0 unspecified atom stereocenters. The van der Waals surface area contributed by atoms with Crippen molar-refractivity contribution in [1.82, 2.24) is 10.2 Å². The van der Waals surface area contributed by atoms with Crippen LogP contribution < -0.4 is 9.62 Å². The summed E-state index contributed by atoms with van der Waals surface area (Å²) in [5, 5.41) is 3.30. The number of hydrogen-bond donors (Lipinski definition) is 1. The first-order valence-electron chi connectivity index (χ1n) is 12.5. The van der Waals surface area contributed by atoms with E-state index in [9.17, 15) is 18.0 Å². The average Bonchev–Trinajstić information content (AvgIpc) is 2.85. The number of benzene rings is 3. The minimum Gasteiger partial charge on any atom is -0.352 e. The summed E-state index contributed by atoms with van der Waals surface area (Å²) in [5.41, 5.74) is 2.62. The number of nitrogens with one attached hydrogen (secondary N) is 1. The highest BCUT2D eigenvalue weighted by Crippen LogP contribution is 2.29. The molecule has 0 radical (unpaired) electrons. The van der Waals surface area contributed by atoms with Crippen molar-refractivity contribution in [1.29, 1.82) is 0 Å². The number of amides is 2. The zero-order chi connectivity index (χ0) is 28.9. The fraction of sp³-hybridized carbons (Fsp3) is 0.310. The number of sulfonamides is 1. The van der Waals surface area contributed by atoms with E-state index < -0.39 is 28.5 Å². The van der Waals surface area contributed by atoms with Crippen molar-refractivity contribution < 1.29 is 18.0 Å². The zero-order valence-electron chi connectivity index (χ0n) is 22.6. The third kappa shape index (κ3) is 7.84. The molecule has 10 heteroatoms. The van der Waals surface area contributed by atoms with Crippen molar-refractivity contribution >= 4 is 55.1 Å². The summed E-state index contributed by atoms with van der Waals surface area (Å²) < 4.78 is 29.8. The Morgan fingerprint density at radius 2 is 1.64 bits per heavy atom. The predicted octanol–water partition coefficient (Wildman–Crippen LogP) is 5.86. The molecule has 0 saturated carbocycles. The van der Waals surface area contributed by atoms with Gasteiger partial charge in [-0.3, -0.25) is 13.9 Å². The molecule has 3 rings (SSSR count). The molecule has 0 aliphatic carbocycles. The van der Waals surface area contributed by atoms with Gasteiger partial charge in [-0.1, -0.05) is 57.4 Å². The van der Waals surface area contributed by atoms with Crippen LogP contribution in [0.2, 0.25) is 5.02 Å². The Balaban J connectivity index is 2.07. The number of aryl methyl sites for hydroxylation is 2. The lowest BCUT2D eigenvalue weighted by Gasteiger charge is -2.32. The second-order valence-corrected chi connectivity index (χ2v) is 13.0. The molecule has 1 N–H and O–H groups in total. The van der Waals surface area contributed by atoms with Crippen molar-refractivity contribution in [3.8, 4) is 0 Å². The van der Waals surface area contributed by atoms with Gasteiger partial charge in [-0.25, -0.2) is 8.42 Å². The zero-order valence-corrected chi connectivity index (χ0v) is 25.8. The van der Waals surface area contributed by atoms with Crippen molar-refractivity contribution in [3.63, 3.8) is 0 Å². The predicted molar refractivity (Wildman–Crippen MR) is 159 cm³/mol. The van der Waals surface area contributed by atoms with Gasteiger partial charge in [0.2, 0.25) is 11.8 Å². The molecule has 0 aliphatic rings. The van der Waals surface area contributed by atoms with Gasteiger partial charge in [0.25, 0.3) is 10.0 Å². The highest BCUT2D eigenvalue weighted by atomic mass is 79.9. The van der Waals surface area contributed by atoms with Gasteiger partial charge in [-0.15, -0.1) is 0 Å². The Bertz CT molecular complexity index is 1450. The van der Waals surface area contributed by atoms with Crippen LogP contribution in [-0.4, -0.2) is 43.8 Å². The van der Waals surface area contributed by atoms with E-state index >= 15 is 0 Å². The minimum atomic E-state index is -4.14. The molecule has 0 heterocycles. The number of halogens is 2. The average molecular weight is 635 g/mol. The van der Waals surface area contributed by atoms with Crippen LogP contribution in [0.3, 0.4) is 0 Å². The van der Waals surface area contributed by atoms with Gasteiger partial charge in [0, 0.05) is 22.1 Å². The molecule has 0 bridgehead atoms. The minimum absolute atomic E-state index is 0.0550. The normalized spacial score (nSPS) is 12.2. The molecule has 1 atom stereocenters. The molecule has 39 heavy (non-hydrogen) atoms. The van der Waals surface area contributed by atoms with Crippen molar-refractivity contribution in [2.45, 2.75) is 58.1 Å². The number of carbonyl (C=O) groups excluding carboxylic acids is 2. The van der Waals surface area contributed by atoms with E-state index in [4.69, 9.17) is 11.6 Å². The van der Waals surface area contributed by atoms with Gasteiger partial charge >= 0.3 is 0 Å². The first kappa shape index (κ1) is 30.7. The molecule has 208 valence electrons. The van der Waals surface area contributed by atoms with Crippen LogP contribution in [0.4, 0.5) is 5.69 Å². The standard InChI is InChI=1S/C29H33BrClN3O4S/c1-19(2)32-29(36)22(5)33(17-23-7-6-8-24(30)16-23)28(35)18-34(27-14-11-25(31)15-21(27)4)39(37,38)26-12-9-20(3)10-13-26/h6-16,19,22H,17-18H2,1-5H3,(H,32,36)/t22-/m1/s1. The maximum Gasteiger partial charge on any atom is 0.264 e. The smallest absolute Gasteiger partial charge is 0.264 e. The maximum absolute atomic E-state index is 14.0. The lowest BCUT2D eigenvalue weighted by atomic mass is 10.1. The van der Waals surface area contributed by atoms with E-state index in [-0.39, 0.29) is 23.4 Å². The third-order valence-electron chi connectivity index (χ3n) is 6.16. The van der Waals surface area contributed by atoms with E-state index in [0.717, 1.165) is 19.9 Å². The third-order valence-corrected chi connectivity index (χ3v) is 8.66. The summed E-state index contributed by atoms with van der Waals surface area (Å²) in [6, 6.07) is 17.7. The van der Waals surface area contributed by atoms with E-state index in [2.05, 4.69) is 21.2 Å². The SMILES string of the molecule is Cc1ccc(S(=O)(=O)N(CC(=O)N(Cc2cccc(Br)c2)[C@H](C)C(=O)NC(C)C)c2ccc(Cl)cc2C)cc1. The molecule has 0 aliphatic heterocycles.